The second-order valence-electron chi connectivity index (χ2n) is 6.71. The quantitative estimate of drug-likeness (QED) is 0.329. The van der Waals surface area contributed by atoms with E-state index in [0.29, 0.717) is 11.3 Å². The standard InChI is InChI=1S/C20H29N2O3/c1-4-13-22(14-5-2,15-6-3)16-17-11-12-20(25-17)18-9-7-8-10-19(18)21(23)24/h7-12H,4-6,13-16H2,1-3H3/q+1. The van der Waals surface area contributed by atoms with Crippen LogP contribution >= 0.6 is 0 Å². The maximum atomic E-state index is 11.2. The fourth-order valence-corrected chi connectivity index (χ4v) is 3.78. The van der Waals surface area contributed by atoms with E-state index in [-0.39, 0.29) is 10.6 Å². The molecule has 0 atom stereocenters. The van der Waals surface area contributed by atoms with Crippen LogP contribution in [0.15, 0.2) is 40.8 Å². The normalized spacial score (nSPS) is 11.6. The highest BCUT2D eigenvalue weighted by Crippen LogP contribution is 2.31. The SMILES string of the molecule is CCC[N+](CCC)(CCC)Cc1ccc(-c2ccccc2[N+](=O)[O-])o1. The molecule has 0 saturated carbocycles. The lowest BCUT2D eigenvalue weighted by atomic mass is 10.1. The summed E-state index contributed by atoms with van der Waals surface area (Å²) < 4.78 is 7.06. The van der Waals surface area contributed by atoms with Crippen molar-refractivity contribution in [1.82, 2.24) is 0 Å². The Labute approximate surface area is 150 Å². The molecule has 0 aliphatic heterocycles. The lowest BCUT2D eigenvalue weighted by Crippen LogP contribution is -2.48. The predicted molar refractivity (Wildman–Crippen MR) is 100 cm³/mol. The Morgan fingerprint density at radius 1 is 0.960 bits per heavy atom. The van der Waals surface area contributed by atoms with Crippen LogP contribution in [0.3, 0.4) is 0 Å². The fraction of sp³-hybridized carbons (Fsp3) is 0.500. The van der Waals surface area contributed by atoms with Crippen molar-refractivity contribution in [2.24, 2.45) is 0 Å². The third-order valence-electron chi connectivity index (χ3n) is 4.61. The van der Waals surface area contributed by atoms with Gasteiger partial charge in [0.1, 0.15) is 12.3 Å². The molecule has 1 aromatic carbocycles. The van der Waals surface area contributed by atoms with E-state index in [1.54, 1.807) is 18.2 Å². The zero-order valence-corrected chi connectivity index (χ0v) is 15.5. The smallest absolute Gasteiger partial charge is 0.280 e. The van der Waals surface area contributed by atoms with Gasteiger partial charge in [-0.15, -0.1) is 0 Å². The highest BCUT2D eigenvalue weighted by Gasteiger charge is 2.27. The molecule has 0 N–H and O–H groups in total. The molecule has 2 rings (SSSR count). The Morgan fingerprint density at radius 3 is 2.12 bits per heavy atom. The molecular weight excluding hydrogens is 316 g/mol. The van der Waals surface area contributed by atoms with Gasteiger partial charge in [0.05, 0.1) is 30.1 Å². The summed E-state index contributed by atoms with van der Waals surface area (Å²) in [6.07, 6.45) is 3.41. The number of para-hydroxylation sites is 1. The maximum Gasteiger partial charge on any atom is 0.280 e. The van der Waals surface area contributed by atoms with Crippen LogP contribution < -0.4 is 0 Å². The van der Waals surface area contributed by atoms with Crippen molar-refractivity contribution in [3.8, 4) is 11.3 Å². The predicted octanol–water partition coefficient (Wildman–Crippen LogP) is 5.40. The highest BCUT2D eigenvalue weighted by molar-refractivity contribution is 5.69. The minimum atomic E-state index is -0.358. The van der Waals surface area contributed by atoms with Crippen LogP contribution in [0.4, 0.5) is 5.69 Å². The van der Waals surface area contributed by atoms with Crippen molar-refractivity contribution in [3.05, 3.63) is 52.3 Å². The number of hydrogen-bond acceptors (Lipinski definition) is 3. The van der Waals surface area contributed by atoms with E-state index in [9.17, 15) is 10.1 Å². The monoisotopic (exact) mass is 345 g/mol. The first-order chi connectivity index (χ1) is 12.0. The van der Waals surface area contributed by atoms with Crippen LogP contribution in [-0.2, 0) is 6.54 Å². The average molecular weight is 345 g/mol. The first-order valence-electron chi connectivity index (χ1n) is 9.22. The number of nitro groups is 1. The minimum absolute atomic E-state index is 0.0832. The molecule has 1 aromatic heterocycles. The highest BCUT2D eigenvalue weighted by atomic mass is 16.6. The molecule has 0 aliphatic rings. The molecule has 2 aromatic rings. The van der Waals surface area contributed by atoms with E-state index < -0.39 is 0 Å². The summed E-state index contributed by atoms with van der Waals surface area (Å²) in [6, 6.07) is 10.6. The fourth-order valence-electron chi connectivity index (χ4n) is 3.78. The largest absolute Gasteiger partial charge is 0.455 e. The molecule has 0 fully saturated rings. The summed E-state index contributed by atoms with van der Waals surface area (Å²) in [5, 5.41) is 11.2. The Bertz CT molecular complexity index is 677. The molecule has 0 spiro atoms. The van der Waals surface area contributed by atoms with E-state index in [2.05, 4.69) is 20.8 Å². The first-order valence-corrected chi connectivity index (χ1v) is 9.22. The molecule has 0 unspecified atom stereocenters. The summed E-state index contributed by atoms with van der Waals surface area (Å²) in [6.45, 7) is 10.9. The second-order valence-corrected chi connectivity index (χ2v) is 6.71. The van der Waals surface area contributed by atoms with Gasteiger partial charge in [0.2, 0.25) is 0 Å². The summed E-state index contributed by atoms with van der Waals surface area (Å²) in [5.74, 6) is 1.48. The van der Waals surface area contributed by atoms with E-state index in [1.807, 2.05) is 12.1 Å². The number of furan rings is 1. The molecule has 0 saturated heterocycles. The number of hydrogen-bond donors (Lipinski definition) is 0. The molecule has 5 nitrogen and oxygen atoms in total. The number of nitrogens with zero attached hydrogens (tertiary/aromatic N) is 2. The van der Waals surface area contributed by atoms with Gasteiger partial charge in [0, 0.05) is 6.07 Å². The maximum absolute atomic E-state index is 11.2. The number of rotatable bonds is 10. The Balaban J connectivity index is 2.29. The Morgan fingerprint density at radius 2 is 1.56 bits per heavy atom. The van der Waals surface area contributed by atoms with Crippen molar-refractivity contribution in [1.29, 1.82) is 0 Å². The molecule has 0 radical (unpaired) electrons. The third kappa shape index (κ3) is 4.69. The molecule has 0 aliphatic carbocycles. The van der Waals surface area contributed by atoms with Crippen LogP contribution in [0.25, 0.3) is 11.3 Å². The van der Waals surface area contributed by atoms with Crippen LogP contribution in [0, 0.1) is 10.1 Å². The second kappa shape index (κ2) is 8.81. The molecule has 1 heterocycles. The summed E-state index contributed by atoms with van der Waals surface area (Å²) in [5.41, 5.74) is 0.623. The van der Waals surface area contributed by atoms with Crippen molar-refractivity contribution < 1.29 is 13.8 Å². The van der Waals surface area contributed by atoms with Gasteiger partial charge in [-0.1, -0.05) is 32.9 Å². The van der Waals surface area contributed by atoms with E-state index >= 15 is 0 Å². The summed E-state index contributed by atoms with van der Waals surface area (Å²) in [4.78, 5) is 10.9. The van der Waals surface area contributed by atoms with Gasteiger partial charge in [0.25, 0.3) is 5.69 Å². The van der Waals surface area contributed by atoms with Crippen molar-refractivity contribution >= 4 is 5.69 Å². The van der Waals surface area contributed by atoms with Gasteiger partial charge < -0.3 is 8.90 Å². The molecule has 25 heavy (non-hydrogen) atoms. The molecule has 0 amide bonds. The van der Waals surface area contributed by atoms with Crippen LogP contribution in [0.5, 0.6) is 0 Å². The van der Waals surface area contributed by atoms with Crippen LogP contribution in [-0.4, -0.2) is 29.0 Å². The first kappa shape index (κ1) is 19.2. The van der Waals surface area contributed by atoms with Gasteiger partial charge >= 0.3 is 0 Å². The molecule has 136 valence electrons. The zero-order chi connectivity index (χ0) is 18.3. The molecular formula is C20H29N2O3+. The van der Waals surface area contributed by atoms with E-state index in [4.69, 9.17) is 4.42 Å². The van der Waals surface area contributed by atoms with Gasteiger partial charge in [-0.3, -0.25) is 10.1 Å². The number of quaternary nitrogens is 1. The van der Waals surface area contributed by atoms with Crippen molar-refractivity contribution in [2.45, 2.75) is 46.6 Å². The molecule has 0 bridgehead atoms. The summed E-state index contributed by atoms with van der Waals surface area (Å²) >= 11 is 0. The number of benzene rings is 1. The van der Waals surface area contributed by atoms with Crippen molar-refractivity contribution in [3.63, 3.8) is 0 Å². The van der Waals surface area contributed by atoms with E-state index in [1.165, 1.54) is 6.07 Å². The molecule has 5 heteroatoms. The minimum Gasteiger partial charge on any atom is -0.455 e. The Kier molecular flexibility index (Phi) is 6.76. The lowest BCUT2D eigenvalue weighted by molar-refractivity contribution is -0.941. The topological polar surface area (TPSA) is 56.3 Å². The Hall–Kier alpha value is -2.14. The van der Waals surface area contributed by atoms with Gasteiger partial charge in [-0.2, -0.15) is 0 Å². The van der Waals surface area contributed by atoms with Gasteiger partial charge in [0.15, 0.2) is 5.76 Å². The van der Waals surface area contributed by atoms with Gasteiger partial charge in [-0.05, 0) is 37.5 Å². The van der Waals surface area contributed by atoms with Crippen molar-refractivity contribution in [2.75, 3.05) is 19.6 Å². The average Bonchev–Trinajstić information content (AvgIpc) is 3.03. The summed E-state index contributed by atoms with van der Waals surface area (Å²) in [7, 11) is 0. The van der Waals surface area contributed by atoms with Crippen LogP contribution in [0.1, 0.15) is 45.8 Å². The zero-order valence-electron chi connectivity index (χ0n) is 15.5. The van der Waals surface area contributed by atoms with E-state index in [0.717, 1.165) is 55.7 Å². The van der Waals surface area contributed by atoms with Gasteiger partial charge in [-0.25, -0.2) is 0 Å². The lowest BCUT2D eigenvalue weighted by Gasteiger charge is -2.37. The number of nitro benzene ring substituents is 1. The third-order valence-corrected chi connectivity index (χ3v) is 4.61. The van der Waals surface area contributed by atoms with Crippen LogP contribution in [0.2, 0.25) is 0 Å².